The fourth-order valence-corrected chi connectivity index (χ4v) is 3.13. The highest BCUT2D eigenvalue weighted by molar-refractivity contribution is 5.79. The van der Waals surface area contributed by atoms with Gasteiger partial charge in [-0.1, -0.05) is 42.5 Å². The number of hydrogen-bond acceptors (Lipinski definition) is 2. The third-order valence-electron chi connectivity index (χ3n) is 4.20. The summed E-state index contributed by atoms with van der Waals surface area (Å²) in [7, 11) is 0. The summed E-state index contributed by atoms with van der Waals surface area (Å²) in [4.78, 5) is 14.1. The van der Waals surface area contributed by atoms with E-state index in [9.17, 15) is 14.3 Å². The number of aliphatic hydroxyl groups is 1. The Morgan fingerprint density at radius 3 is 2.45 bits per heavy atom. The van der Waals surface area contributed by atoms with Crippen LogP contribution in [-0.4, -0.2) is 22.5 Å². The molecule has 1 fully saturated rings. The van der Waals surface area contributed by atoms with Crippen LogP contribution in [0.5, 0.6) is 0 Å². The van der Waals surface area contributed by atoms with E-state index in [1.165, 1.54) is 12.1 Å². The Hall–Kier alpha value is -2.20. The summed E-state index contributed by atoms with van der Waals surface area (Å²) in [6.07, 6.45) is 1.14. The lowest BCUT2D eigenvalue weighted by Crippen LogP contribution is -2.34. The number of carbonyl (C=O) groups is 1. The first-order chi connectivity index (χ1) is 10.7. The summed E-state index contributed by atoms with van der Waals surface area (Å²) in [5.41, 5.74) is 1.81. The van der Waals surface area contributed by atoms with Gasteiger partial charge in [-0.3, -0.25) is 4.79 Å². The first-order valence-corrected chi connectivity index (χ1v) is 7.43. The summed E-state index contributed by atoms with van der Waals surface area (Å²) < 4.78 is 13.1. The number of amides is 1. The summed E-state index contributed by atoms with van der Waals surface area (Å²) >= 11 is 0. The molecule has 1 amide bonds. The Balaban J connectivity index is 1.94. The molecule has 0 aromatic heterocycles. The molecule has 2 aromatic rings. The van der Waals surface area contributed by atoms with E-state index in [1.54, 1.807) is 17.0 Å². The average molecular weight is 299 g/mol. The number of aliphatic hydroxyl groups excluding tert-OH is 1. The molecule has 1 aliphatic rings. The summed E-state index contributed by atoms with van der Waals surface area (Å²) in [5.74, 6) is -0.265. The zero-order chi connectivity index (χ0) is 15.5. The maximum absolute atomic E-state index is 13.1. The molecule has 3 rings (SSSR count). The standard InChI is InChI=1S/C18H18FNO2/c19-15-8-6-14(7-9-15)16-10-11-18(22)20(16)17(12-21)13-4-2-1-3-5-13/h1-9,16-17,21H,10-12H2/t16-,17?/m0/s1. The molecule has 0 saturated carbocycles. The van der Waals surface area contributed by atoms with E-state index in [0.29, 0.717) is 12.8 Å². The number of likely N-dealkylation sites (tertiary alicyclic amines) is 1. The van der Waals surface area contributed by atoms with E-state index >= 15 is 0 Å². The topological polar surface area (TPSA) is 40.5 Å². The predicted octanol–water partition coefficient (Wildman–Crippen LogP) is 3.22. The van der Waals surface area contributed by atoms with E-state index in [1.807, 2.05) is 30.3 Å². The van der Waals surface area contributed by atoms with Crippen LogP contribution in [0.3, 0.4) is 0 Å². The minimum absolute atomic E-state index is 0.0252. The molecule has 3 nitrogen and oxygen atoms in total. The highest BCUT2D eigenvalue weighted by atomic mass is 19.1. The fraction of sp³-hybridized carbons (Fsp3) is 0.278. The van der Waals surface area contributed by atoms with Gasteiger partial charge in [-0.2, -0.15) is 0 Å². The Bertz CT molecular complexity index is 642. The number of hydrogen-bond donors (Lipinski definition) is 1. The van der Waals surface area contributed by atoms with Crippen molar-refractivity contribution in [2.75, 3.05) is 6.61 Å². The van der Waals surface area contributed by atoms with E-state index in [0.717, 1.165) is 11.1 Å². The van der Waals surface area contributed by atoms with E-state index < -0.39 is 0 Å². The van der Waals surface area contributed by atoms with Gasteiger partial charge in [0.2, 0.25) is 5.91 Å². The number of benzene rings is 2. The molecular weight excluding hydrogens is 281 g/mol. The lowest BCUT2D eigenvalue weighted by atomic mass is 10.0. The molecule has 2 atom stereocenters. The molecule has 1 N–H and O–H groups in total. The molecule has 0 aliphatic carbocycles. The van der Waals surface area contributed by atoms with Crippen molar-refractivity contribution in [3.63, 3.8) is 0 Å². The van der Waals surface area contributed by atoms with Crippen LogP contribution in [-0.2, 0) is 4.79 Å². The molecule has 1 aliphatic heterocycles. The Kier molecular flexibility index (Phi) is 4.20. The Morgan fingerprint density at radius 2 is 1.82 bits per heavy atom. The van der Waals surface area contributed by atoms with Crippen LogP contribution in [0.4, 0.5) is 4.39 Å². The normalized spacial score (nSPS) is 19.5. The molecule has 114 valence electrons. The predicted molar refractivity (Wildman–Crippen MR) is 81.5 cm³/mol. The fourth-order valence-electron chi connectivity index (χ4n) is 3.13. The van der Waals surface area contributed by atoms with Crippen LogP contribution in [0.25, 0.3) is 0 Å². The smallest absolute Gasteiger partial charge is 0.223 e. The maximum Gasteiger partial charge on any atom is 0.223 e. The van der Waals surface area contributed by atoms with Crippen molar-refractivity contribution in [2.24, 2.45) is 0 Å². The lowest BCUT2D eigenvalue weighted by molar-refractivity contribution is -0.132. The quantitative estimate of drug-likeness (QED) is 0.941. The Morgan fingerprint density at radius 1 is 1.14 bits per heavy atom. The second-order valence-corrected chi connectivity index (χ2v) is 5.52. The van der Waals surface area contributed by atoms with Gasteiger partial charge in [0.1, 0.15) is 5.82 Å². The number of carbonyl (C=O) groups excluding carboxylic acids is 1. The van der Waals surface area contributed by atoms with Crippen molar-refractivity contribution in [3.8, 4) is 0 Å². The van der Waals surface area contributed by atoms with Crippen LogP contribution < -0.4 is 0 Å². The van der Waals surface area contributed by atoms with Gasteiger partial charge in [0, 0.05) is 6.42 Å². The number of rotatable bonds is 4. The summed E-state index contributed by atoms with van der Waals surface area (Å²) in [5, 5.41) is 9.81. The van der Waals surface area contributed by atoms with Crippen molar-refractivity contribution in [1.29, 1.82) is 0 Å². The zero-order valence-corrected chi connectivity index (χ0v) is 12.2. The van der Waals surface area contributed by atoms with Crippen molar-refractivity contribution in [1.82, 2.24) is 4.90 Å². The second kappa shape index (κ2) is 6.28. The second-order valence-electron chi connectivity index (χ2n) is 5.52. The molecule has 1 unspecified atom stereocenters. The minimum atomic E-state index is -0.369. The van der Waals surface area contributed by atoms with Crippen molar-refractivity contribution in [3.05, 3.63) is 71.5 Å². The monoisotopic (exact) mass is 299 g/mol. The number of nitrogens with zero attached hydrogens (tertiary/aromatic N) is 1. The van der Waals surface area contributed by atoms with Crippen LogP contribution in [0, 0.1) is 5.82 Å². The van der Waals surface area contributed by atoms with Crippen molar-refractivity contribution >= 4 is 5.91 Å². The van der Waals surface area contributed by atoms with E-state index in [4.69, 9.17) is 0 Å². The van der Waals surface area contributed by atoms with Crippen molar-refractivity contribution < 1.29 is 14.3 Å². The minimum Gasteiger partial charge on any atom is -0.394 e. The van der Waals surface area contributed by atoms with Gasteiger partial charge >= 0.3 is 0 Å². The average Bonchev–Trinajstić information content (AvgIpc) is 2.92. The van der Waals surface area contributed by atoms with Crippen LogP contribution in [0.2, 0.25) is 0 Å². The molecule has 1 saturated heterocycles. The molecule has 4 heteroatoms. The number of halogens is 1. The third kappa shape index (κ3) is 2.74. The van der Waals surface area contributed by atoms with Gasteiger partial charge in [0.05, 0.1) is 18.7 Å². The molecular formula is C18H18FNO2. The molecule has 2 aromatic carbocycles. The van der Waals surface area contributed by atoms with E-state index in [-0.39, 0.29) is 30.4 Å². The third-order valence-corrected chi connectivity index (χ3v) is 4.20. The highest BCUT2D eigenvalue weighted by Gasteiger charge is 2.37. The molecule has 22 heavy (non-hydrogen) atoms. The van der Waals surface area contributed by atoms with Gasteiger partial charge in [-0.05, 0) is 29.7 Å². The van der Waals surface area contributed by atoms with Gasteiger partial charge in [-0.15, -0.1) is 0 Å². The van der Waals surface area contributed by atoms with Crippen molar-refractivity contribution in [2.45, 2.75) is 24.9 Å². The van der Waals surface area contributed by atoms with Crippen LogP contribution in [0.1, 0.15) is 36.1 Å². The van der Waals surface area contributed by atoms with Gasteiger partial charge in [0.25, 0.3) is 0 Å². The molecule has 0 spiro atoms. The lowest BCUT2D eigenvalue weighted by Gasteiger charge is -2.33. The molecule has 0 radical (unpaired) electrons. The maximum atomic E-state index is 13.1. The summed E-state index contributed by atoms with van der Waals surface area (Å²) in [6, 6.07) is 15.3. The van der Waals surface area contributed by atoms with Crippen LogP contribution >= 0.6 is 0 Å². The molecule has 0 bridgehead atoms. The molecule has 1 heterocycles. The highest BCUT2D eigenvalue weighted by Crippen LogP contribution is 2.39. The Labute approximate surface area is 129 Å². The largest absolute Gasteiger partial charge is 0.394 e. The summed E-state index contributed by atoms with van der Waals surface area (Å²) in [6.45, 7) is -0.131. The van der Waals surface area contributed by atoms with Gasteiger partial charge in [0.15, 0.2) is 0 Å². The van der Waals surface area contributed by atoms with Gasteiger partial charge < -0.3 is 10.0 Å². The van der Waals surface area contributed by atoms with Crippen LogP contribution in [0.15, 0.2) is 54.6 Å². The SMILES string of the molecule is O=C1CC[C@@H](c2ccc(F)cc2)N1C(CO)c1ccccc1. The van der Waals surface area contributed by atoms with Gasteiger partial charge in [-0.25, -0.2) is 4.39 Å². The first-order valence-electron chi connectivity index (χ1n) is 7.43. The first kappa shape index (κ1) is 14.7. The van der Waals surface area contributed by atoms with E-state index in [2.05, 4.69) is 0 Å². The zero-order valence-electron chi connectivity index (χ0n) is 12.2.